The molecule has 0 aliphatic heterocycles. The minimum absolute atomic E-state index is 0.0956. The van der Waals surface area contributed by atoms with Gasteiger partial charge in [-0.2, -0.15) is 0 Å². The van der Waals surface area contributed by atoms with Crippen molar-refractivity contribution in [3.8, 4) is 0 Å². The normalized spacial score (nSPS) is 11.3. The molecule has 0 aliphatic rings. The number of Topliss-reactive ketones (excluding diaryl/α,β-unsaturated/α-hetero) is 1. The van der Waals surface area contributed by atoms with Crippen molar-refractivity contribution in [3.05, 3.63) is 35.4 Å². The SMILES string of the molecule is CC(C)(C)c1ccc(C(=O)CCCCCC(=O)O)cc1. The molecule has 0 aliphatic carbocycles. The number of benzene rings is 1. The van der Waals surface area contributed by atoms with Crippen LogP contribution < -0.4 is 0 Å². The summed E-state index contributed by atoms with van der Waals surface area (Å²) in [5, 5.41) is 8.52. The first-order valence-corrected chi connectivity index (χ1v) is 7.16. The smallest absolute Gasteiger partial charge is 0.303 e. The van der Waals surface area contributed by atoms with E-state index in [1.807, 2.05) is 24.3 Å². The van der Waals surface area contributed by atoms with Crippen LogP contribution in [0.25, 0.3) is 0 Å². The minimum atomic E-state index is -0.769. The molecular formula is C17H24O3. The van der Waals surface area contributed by atoms with Crippen LogP contribution in [0.15, 0.2) is 24.3 Å². The van der Waals surface area contributed by atoms with E-state index in [2.05, 4.69) is 20.8 Å². The molecule has 1 aromatic rings. The maximum Gasteiger partial charge on any atom is 0.303 e. The fourth-order valence-corrected chi connectivity index (χ4v) is 2.04. The lowest BCUT2D eigenvalue weighted by atomic mass is 9.86. The maximum absolute atomic E-state index is 12.0. The van der Waals surface area contributed by atoms with E-state index < -0.39 is 5.97 Å². The van der Waals surface area contributed by atoms with E-state index in [0.717, 1.165) is 18.4 Å². The van der Waals surface area contributed by atoms with E-state index in [4.69, 9.17) is 5.11 Å². The molecule has 0 unspecified atom stereocenters. The van der Waals surface area contributed by atoms with Gasteiger partial charge in [0, 0.05) is 18.4 Å². The second-order valence-corrected chi connectivity index (χ2v) is 6.20. The van der Waals surface area contributed by atoms with Crippen LogP contribution in [-0.2, 0) is 10.2 Å². The van der Waals surface area contributed by atoms with Crippen molar-refractivity contribution >= 4 is 11.8 Å². The van der Waals surface area contributed by atoms with Crippen LogP contribution in [0.1, 0.15) is 68.8 Å². The molecule has 3 heteroatoms. The van der Waals surface area contributed by atoms with Gasteiger partial charge >= 0.3 is 5.97 Å². The second-order valence-electron chi connectivity index (χ2n) is 6.20. The van der Waals surface area contributed by atoms with Crippen LogP contribution in [0, 0.1) is 0 Å². The first-order valence-electron chi connectivity index (χ1n) is 7.16. The minimum Gasteiger partial charge on any atom is -0.481 e. The molecule has 1 N–H and O–H groups in total. The fourth-order valence-electron chi connectivity index (χ4n) is 2.04. The Balaban J connectivity index is 2.42. The summed E-state index contributed by atoms with van der Waals surface area (Å²) in [5.41, 5.74) is 2.06. The highest BCUT2D eigenvalue weighted by Gasteiger charge is 2.14. The van der Waals surface area contributed by atoms with Gasteiger partial charge in [0.25, 0.3) is 0 Å². The van der Waals surface area contributed by atoms with Crippen molar-refractivity contribution in [1.82, 2.24) is 0 Å². The van der Waals surface area contributed by atoms with E-state index in [9.17, 15) is 9.59 Å². The zero-order valence-electron chi connectivity index (χ0n) is 12.6. The molecule has 110 valence electrons. The van der Waals surface area contributed by atoms with Gasteiger partial charge in [-0.15, -0.1) is 0 Å². The summed E-state index contributed by atoms with van der Waals surface area (Å²) in [6.07, 6.45) is 2.87. The molecule has 1 rings (SSSR count). The maximum atomic E-state index is 12.0. The average Bonchev–Trinajstić information content (AvgIpc) is 2.37. The van der Waals surface area contributed by atoms with Crippen LogP contribution >= 0.6 is 0 Å². The van der Waals surface area contributed by atoms with Crippen LogP contribution in [0.2, 0.25) is 0 Å². The number of hydrogen-bond donors (Lipinski definition) is 1. The molecule has 0 heterocycles. The fraction of sp³-hybridized carbons (Fsp3) is 0.529. The lowest BCUT2D eigenvalue weighted by Crippen LogP contribution is -2.11. The lowest BCUT2D eigenvalue weighted by Gasteiger charge is -2.18. The summed E-state index contributed by atoms with van der Waals surface area (Å²) in [6, 6.07) is 7.80. The molecule has 0 spiro atoms. The highest BCUT2D eigenvalue weighted by Crippen LogP contribution is 2.22. The molecule has 20 heavy (non-hydrogen) atoms. The topological polar surface area (TPSA) is 54.4 Å². The Morgan fingerprint density at radius 3 is 2.00 bits per heavy atom. The Labute approximate surface area is 121 Å². The molecule has 0 saturated carbocycles. The number of carbonyl (C=O) groups excluding carboxylic acids is 1. The summed E-state index contributed by atoms with van der Waals surface area (Å²) >= 11 is 0. The largest absolute Gasteiger partial charge is 0.481 e. The van der Waals surface area contributed by atoms with E-state index in [0.29, 0.717) is 12.8 Å². The third-order valence-electron chi connectivity index (χ3n) is 3.37. The number of rotatable bonds is 7. The number of carbonyl (C=O) groups is 2. The summed E-state index contributed by atoms with van der Waals surface area (Å²) in [5.74, 6) is -0.630. The van der Waals surface area contributed by atoms with E-state index in [-0.39, 0.29) is 17.6 Å². The molecule has 0 aromatic heterocycles. The van der Waals surface area contributed by atoms with Gasteiger partial charge in [-0.25, -0.2) is 0 Å². The summed E-state index contributed by atoms with van der Waals surface area (Å²) in [4.78, 5) is 22.4. The predicted molar refractivity (Wildman–Crippen MR) is 80.2 cm³/mol. The summed E-state index contributed by atoms with van der Waals surface area (Å²) in [6.45, 7) is 6.44. The summed E-state index contributed by atoms with van der Waals surface area (Å²) in [7, 11) is 0. The Kier molecular flexibility index (Phi) is 5.93. The van der Waals surface area contributed by atoms with Gasteiger partial charge in [0.15, 0.2) is 5.78 Å². The molecule has 0 radical (unpaired) electrons. The van der Waals surface area contributed by atoms with E-state index >= 15 is 0 Å². The zero-order valence-corrected chi connectivity index (χ0v) is 12.6. The molecule has 0 amide bonds. The van der Waals surface area contributed by atoms with Crippen LogP contribution in [0.3, 0.4) is 0 Å². The quantitative estimate of drug-likeness (QED) is 0.599. The average molecular weight is 276 g/mol. The van der Waals surface area contributed by atoms with Crippen molar-refractivity contribution in [3.63, 3.8) is 0 Å². The van der Waals surface area contributed by atoms with Gasteiger partial charge < -0.3 is 5.11 Å². The highest BCUT2D eigenvalue weighted by molar-refractivity contribution is 5.96. The zero-order chi connectivity index (χ0) is 15.2. The Bertz CT molecular complexity index is 452. The number of unbranched alkanes of at least 4 members (excludes halogenated alkanes) is 2. The van der Waals surface area contributed by atoms with Gasteiger partial charge in [0.1, 0.15) is 0 Å². The number of hydrogen-bond acceptors (Lipinski definition) is 2. The van der Waals surface area contributed by atoms with Crippen molar-refractivity contribution in [2.75, 3.05) is 0 Å². The first-order chi connectivity index (χ1) is 9.30. The lowest BCUT2D eigenvalue weighted by molar-refractivity contribution is -0.137. The number of carboxylic acid groups (broad SMARTS) is 1. The molecule has 3 nitrogen and oxygen atoms in total. The Morgan fingerprint density at radius 1 is 0.950 bits per heavy atom. The molecule has 1 aromatic carbocycles. The monoisotopic (exact) mass is 276 g/mol. The van der Waals surface area contributed by atoms with Crippen molar-refractivity contribution < 1.29 is 14.7 Å². The van der Waals surface area contributed by atoms with Crippen molar-refractivity contribution in [2.24, 2.45) is 0 Å². The summed E-state index contributed by atoms with van der Waals surface area (Å²) < 4.78 is 0. The molecule has 0 atom stereocenters. The van der Waals surface area contributed by atoms with E-state index in [1.54, 1.807) is 0 Å². The van der Waals surface area contributed by atoms with Gasteiger partial charge in [-0.05, 0) is 23.8 Å². The van der Waals surface area contributed by atoms with Crippen LogP contribution in [-0.4, -0.2) is 16.9 Å². The third-order valence-corrected chi connectivity index (χ3v) is 3.37. The molecule has 0 saturated heterocycles. The predicted octanol–water partition coefficient (Wildman–Crippen LogP) is 4.20. The standard InChI is InChI=1S/C17H24O3/c1-17(2,3)14-11-9-13(10-12-14)15(18)7-5-4-6-8-16(19)20/h9-12H,4-8H2,1-3H3,(H,19,20). The Morgan fingerprint density at radius 2 is 1.50 bits per heavy atom. The van der Waals surface area contributed by atoms with Crippen molar-refractivity contribution in [2.45, 2.75) is 58.3 Å². The van der Waals surface area contributed by atoms with Gasteiger partial charge in [0.2, 0.25) is 0 Å². The Hall–Kier alpha value is -1.64. The number of ketones is 1. The van der Waals surface area contributed by atoms with Crippen molar-refractivity contribution in [1.29, 1.82) is 0 Å². The highest BCUT2D eigenvalue weighted by atomic mass is 16.4. The van der Waals surface area contributed by atoms with Gasteiger partial charge in [-0.3, -0.25) is 9.59 Å². The first kappa shape index (κ1) is 16.4. The van der Waals surface area contributed by atoms with Gasteiger partial charge in [0.05, 0.1) is 0 Å². The van der Waals surface area contributed by atoms with Gasteiger partial charge in [-0.1, -0.05) is 51.5 Å². The number of aliphatic carboxylic acids is 1. The van der Waals surface area contributed by atoms with Crippen LogP contribution in [0.5, 0.6) is 0 Å². The van der Waals surface area contributed by atoms with Crippen LogP contribution in [0.4, 0.5) is 0 Å². The third kappa shape index (κ3) is 5.55. The molecular weight excluding hydrogens is 252 g/mol. The van der Waals surface area contributed by atoms with E-state index in [1.165, 1.54) is 5.56 Å². The molecule has 0 fully saturated rings. The second kappa shape index (κ2) is 7.22. The molecule has 0 bridgehead atoms. The number of carboxylic acids is 1.